The predicted molar refractivity (Wildman–Crippen MR) is 94.8 cm³/mol. The number of rotatable bonds is 4. The van der Waals surface area contributed by atoms with Crippen molar-refractivity contribution in [3.8, 4) is 5.69 Å². The summed E-state index contributed by atoms with van der Waals surface area (Å²) in [6, 6.07) is 6.83. The van der Waals surface area contributed by atoms with Crippen molar-refractivity contribution in [1.29, 1.82) is 0 Å². The van der Waals surface area contributed by atoms with Crippen LogP contribution in [-0.2, 0) is 11.9 Å². The van der Waals surface area contributed by atoms with E-state index in [-0.39, 0.29) is 4.77 Å². The number of hydrogen-bond donors (Lipinski definition) is 1. The Morgan fingerprint density at radius 3 is 2.50 bits per heavy atom. The minimum atomic E-state index is -4.43. The summed E-state index contributed by atoms with van der Waals surface area (Å²) >= 11 is 6.53. The number of benzene rings is 1. The first-order valence-electron chi connectivity index (χ1n) is 7.53. The molecular weight excluding hydrogens is 383 g/mol. The van der Waals surface area contributed by atoms with Gasteiger partial charge in [-0.25, -0.2) is 9.97 Å². The second kappa shape index (κ2) is 7.20. The Balaban J connectivity index is 1.91. The van der Waals surface area contributed by atoms with Crippen molar-refractivity contribution in [2.24, 2.45) is 0 Å². The Kier molecular flexibility index (Phi) is 5.15. The lowest BCUT2D eigenvalue weighted by molar-refractivity contribution is -0.137. The van der Waals surface area contributed by atoms with Crippen LogP contribution in [0.4, 0.5) is 13.2 Å². The quantitative estimate of drug-likeness (QED) is 0.395. The van der Waals surface area contributed by atoms with Crippen molar-refractivity contribution in [3.63, 3.8) is 0 Å². The number of hydrogen-bond acceptors (Lipinski definition) is 5. The predicted octanol–water partition coefficient (Wildman–Crippen LogP) is 4.65. The van der Waals surface area contributed by atoms with E-state index in [4.69, 9.17) is 12.2 Å². The fourth-order valence-electron chi connectivity index (χ4n) is 2.40. The van der Waals surface area contributed by atoms with Gasteiger partial charge in [-0.3, -0.25) is 9.67 Å². The minimum absolute atomic E-state index is 0.223. The molecule has 136 valence electrons. The topological polar surface area (TPSA) is 59.4 Å². The van der Waals surface area contributed by atoms with E-state index >= 15 is 0 Å². The van der Waals surface area contributed by atoms with E-state index in [1.807, 2.05) is 19.9 Å². The number of alkyl halides is 3. The van der Waals surface area contributed by atoms with Gasteiger partial charge in [-0.05, 0) is 50.3 Å². The van der Waals surface area contributed by atoms with Crippen LogP contribution < -0.4 is 0 Å². The smallest absolute Gasteiger partial charge is 0.271 e. The first-order chi connectivity index (χ1) is 12.2. The van der Waals surface area contributed by atoms with E-state index in [2.05, 4.69) is 20.2 Å². The van der Waals surface area contributed by atoms with Gasteiger partial charge in [0.15, 0.2) is 9.93 Å². The Morgan fingerprint density at radius 2 is 1.85 bits per heavy atom. The maximum atomic E-state index is 13.0. The van der Waals surface area contributed by atoms with Crippen LogP contribution in [-0.4, -0.2) is 24.7 Å². The highest BCUT2D eigenvalue weighted by Crippen LogP contribution is 2.31. The zero-order chi connectivity index (χ0) is 18.9. The van der Waals surface area contributed by atoms with Gasteiger partial charge in [0.05, 0.1) is 17.0 Å². The molecule has 0 aliphatic heterocycles. The van der Waals surface area contributed by atoms with Crippen LogP contribution in [0.1, 0.15) is 22.8 Å². The van der Waals surface area contributed by atoms with Crippen LogP contribution in [0.15, 0.2) is 35.5 Å². The summed E-state index contributed by atoms with van der Waals surface area (Å²) in [5.41, 5.74) is 1.25. The maximum absolute atomic E-state index is 13.0. The molecule has 10 heteroatoms. The van der Waals surface area contributed by atoms with Gasteiger partial charge in [-0.15, -0.1) is 0 Å². The van der Waals surface area contributed by atoms with Gasteiger partial charge in [0.2, 0.25) is 0 Å². The van der Waals surface area contributed by atoms with E-state index in [1.54, 1.807) is 6.07 Å². The van der Waals surface area contributed by atoms with Gasteiger partial charge in [-0.2, -0.15) is 18.3 Å². The third-order valence-electron chi connectivity index (χ3n) is 3.47. The molecule has 26 heavy (non-hydrogen) atoms. The lowest BCUT2D eigenvalue weighted by Gasteiger charge is -2.11. The summed E-state index contributed by atoms with van der Waals surface area (Å²) in [7, 11) is 0. The molecule has 0 aliphatic carbocycles. The Morgan fingerprint density at radius 1 is 1.15 bits per heavy atom. The average Bonchev–Trinajstić information content (AvgIpc) is 2.92. The Bertz CT molecular complexity index is 974. The molecule has 0 saturated carbocycles. The van der Waals surface area contributed by atoms with Crippen molar-refractivity contribution in [3.05, 3.63) is 57.9 Å². The molecule has 0 spiro atoms. The second-order valence-electron chi connectivity index (χ2n) is 5.55. The first-order valence-corrected chi connectivity index (χ1v) is 8.92. The fourth-order valence-corrected chi connectivity index (χ4v) is 3.53. The molecule has 3 aromatic rings. The molecule has 2 heterocycles. The molecule has 0 fully saturated rings. The fraction of sp³-hybridized carbons (Fsp3) is 0.250. The molecule has 3 rings (SSSR count). The monoisotopic (exact) mass is 397 g/mol. The maximum Gasteiger partial charge on any atom is 0.416 e. The summed E-state index contributed by atoms with van der Waals surface area (Å²) in [6.07, 6.45) is -4.43. The molecule has 5 nitrogen and oxygen atoms in total. The lowest BCUT2D eigenvalue weighted by Crippen LogP contribution is -2.07. The highest BCUT2D eigenvalue weighted by Gasteiger charge is 2.30. The van der Waals surface area contributed by atoms with E-state index in [0.29, 0.717) is 22.4 Å². The first kappa shape index (κ1) is 18.6. The van der Waals surface area contributed by atoms with Crippen molar-refractivity contribution in [1.82, 2.24) is 24.7 Å². The van der Waals surface area contributed by atoms with Crippen molar-refractivity contribution >= 4 is 24.0 Å². The third kappa shape index (κ3) is 4.13. The molecule has 0 amide bonds. The van der Waals surface area contributed by atoms with E-state index in [0.717, 1.165) is 23.5 Å². The summed E-state index contributed by atoms with van der Waals surface area (Å²) in [4.78, 5) is 8.67. The number of H-pyrrole nitrogens is 1. The largest absolute Gasteiger partial charge is 0.416 e. The van der Waals surface area contributed by atoms with Gasteiger partial charge < -0.3 is 0 Å². The van der Waals surface area contributed by atoms with Gasteiger partial charge in [0.25, 0.3) is 0 Å². The van der Waals surface area contributed by atoms with Gasteiger partial charge in [0.1, 0.15) is 5.82 Å². The Hall–Kier alpha value is -2.20. The average molecular weight is 397 g/mol. The molecule has 0 atom stereocenters. The molecule has 1 aromatic carbocycles. The van der Waals surface area contributed by atoms with Gasteiger partial charge >= 0.3 is 6.18 Å². The second-order valence-corrected chi connectivity index (χ2v) is 6.88. The van der Waals surface area contributed by atoms with Crippen LogP contribution in [0.25, 0.3) is 5.69 Å². The van der Waals surface area contributed by atoms with Crippen LogP contribution in [0.2, 0.25) is 0 Å². The molecule has 0 radical (unpaired) electrons. The normalized spacial score (nSPS) is 11.7. The molecule has 0 aliphatic rings. The highest BCUT2D eigenvalue weighted by atomic mass is 32.2. The van der Waals surface area contributed by atoms with Crippen molar-refractivity contribution in [2.75, 3.05) is 0 Å². The van der Waals surface area contributed by atoms with E-state index in [1.165, 1.54) is 22.4 Å². The van der Waals surface area contributed by atoms with Gasteiger partial charge in [-0.1, -0.05) is 17.8 Å². The summed E-state index contributed by atoms with van der Waals surface area (Å²) in [6.45, 7) is 3.74. The van der Waals surface area contributed by atoms with Crippen molar-refractivity contribution in [2.45, 2.75) is 30.9 Å². The molecule has 0 saturated heterocycles. The molecule has 1 N–H and O–H groups in total. The number of aromatic amines is 1. The highest BCUT2D eigenvalue weighted by molar-refractivity contribution is 7.98. The number of aromatic nitrogens is 5. The number of aryl methyl sites for hydroxylation is 2. The number of nitrogens with zero attached hydrogens (tertiary/aromatic N) is 4. The SMILES string of the molecule is Cc1cc(C)nc(SCc2n[nH]c(=S)n2-c2cccc(C(F)(F)F)c2)n1. The van der Waals surface area contributed by atoms with Crippen molar-refractivity contribution < 1.29 is 13.2 Å². The zero-order valence-electron chi connectivity index (χ0n) is 13.8. The van der Waals surface area contributed by atoms with E-state index in [9.17, 15) is 13.2 Å². The van der Waals surface area contributed by atoms with Crippen LogP contribution >= 0.6 is 24.0 Å². The third-order valence-corrected chi connectivity index (χ3v) is 4.58. The Labute approximate surface area is 156 Å². The number of nitrogens with one attached hydrogen (secondary N) is 1. The molecule has 0 bridgehead atoms. The number of thioether (sulfide) groups is 1. The lowest BCUT2D eigenvalue weighted by atomic mass is 10.2. The summed E-state index contributed by atoms with van der Waals surface area (Å²) in [5.74, 6) is 0.841. The molecule has 0 unspecified atom stereocenters. The molecular formula is C16H14F3N5S2. The molecule has 2 aromatic heterocycles. The minimum Gasteiger partial charge on any atom is -0.271 e. The summed E-state index contributed by atoms with van der Waals surface area (Å²) < 4.78 is 40.6. The zero-order valence-corrected chi connectivity index (χ0v) is 15.5. The summed E-state index contributed by atoms with van der Waals surface area (Å²) in [5, 5.41) is 7.34. The van der Waals surface area contributed by atoms with Crippen LogP contribution in [0.3, 0.4) is 0 Å². The van der Waals surface area contributed by atoms with Crippen LogP contribution in [0, 0.1) is 18.6 Å². The van der Waals surface area contributed by atoms with Gasteiger partial charge in [0, 0.05) is 11.4 Å². The van der Waals surface area contributed by atoms with Crippen LogP contribution in [0.5, 0.6) is 0 Å². The standard InChI is InChI=1S/C16H14F3N5S2/c1-9-6-10(2)21-14(20-9)26-8-13-22-23-15(25)24(13)12-5-3-4-11(7-12)16(17,18)19/h3-7H,8H2,1-2H3,(H,23,25). The van der Waals surface area contributed by atoms with E-state index < -0.39 is 11.7 Å². The number of halogens is 3.